The van der Waals surface area contributed by atoms with E-state index in [1.54, 1.807) is 19.0 Å². The molecule has 0 N–H and O–H groups in total. The van der Waals surface area contributed by atoms with E-state index in [2.05, 4.69) is 0 Å². The van der Waals surface area contributed by atoms with Crippen LogP contribution in [-0.2, 0) is 0 Å². The molecule has 0 bridgehead atoms. The van der Waals surface area contributed by atoms with Gasteiger partial charge in [0, 0.05) is 33.9 Å². The molecule has 0 spiro atoms. The summed E-state index contributed by atoms with van der Waals surface area (Å²) in [7, 11) is 7.42. The summed E-state index contributed by atoms with van der Waals surface area (Å²) in [6.07, 6.45) is 0. The minimum atomic E-state index is 0.0405. The molecule has 0 heterocycles. The Hall–Kier alpha value is -1.51. The van der Waals surface area contributed by atoms with Crippen molar-refractivity contribution in [2.75, 3.05) is 33.1 Å². The third-order valence-electron chi connectivity index (χ3n) is 2.27. The van der Waals surface area contributed by atoms with Crippen LogP contribution in [0.5, 0.6) is 0 Å². The monoisotopic (exact) mass is 206 g/mol. The Morgan fingerprint density at radius 1 is 1.13 bits per heavy atom. The van der Waals surface area contributed by atoms with Crippen molar-refractivity contribution in [2.45, 2.75) is 6.92 Å². The number of amides is 1. The van der Waals surface area contributed by atoms with Gasteiger partial charge in [-0.25, -0.2) is 0 Å². The van der Waals surface area contributed by atoms with Gasteiger partial charge in [0.05, 0.1) is 5.56 Å². The lowest BCUT2D eigenvalue weighted by Gasteiger charge is -2.19. The van der Waals surface area contributed by atoms with Gasteiger partial charge in [0.15, 0.2) is 0 Å². The molecule has 0 radical (unpaired) electrons. The van der Waals surface area contributed by atoms with Crippen LogP contribution in [0.15, 0.2) is 18.2 Å². The van der Waals surface area contributed by atoms with E-state index in [0.29, 0.717) is 0 Å². The van der Waals surface area contributed by atoms with E-state index in [1.807, 2.05) is 44.1 Å². The second kappa shape index (κ2) is 4.34. The van der Waals surface area contributed by atoms with Gasteiger partial charge in [-0.2, -0.15) is 0 Å². The van der Waals surface area contributed by atoms with Crippen LogP contribution in [-0.4, -0.2) is 39.0 Å². The molecule has 15 heavy (non-hydrogen) atoms. The maximum absolute atomic E-state index is 11.9. The number of benzene rings is 1. The van der Waals surface area contributed by atoms with E-state index in [4.69, 9.17) is 0 Å². The molecule has 1 rings (SSSR count). The molecule has 0 atom stereocenters. The second-order valence-corrected chi connectivity index (χ2v) is 4.11. The molecule has 3 heteroatoms. The van der Waals surface area contributed by atoms with Gasteiger partial charge in [-0.05, 0) is 24.6 Å². The highest BCUT2D eigenvalue weighted by Gasteiger charge is 2.14. The third-order valence-corrected chi connectivity index (χ3v) is 2.27. The quantitative estimate of drug-likeness (QED) is 0.736. The van der Waals surface area contributed by atoms with Crippen molar-refractivity contribution < 1.29 is 4.79 Å². The van der Waals surface area contributed by atoms with Gasteiger partial charge in [0.1, 0.15) is 0 Å². The number of nitrogens with zero attached hydrogens (tertiary/aromatic N) is 2. The van der Waals surface area contributed by atoms with E-state index in [9.17, 15) is 4.79 Å². The third kappa shape index (κ3) is 2.49. The van der Waals surface area contributed by atoms with Crippen LogP contribution >= 0.6 is 0 Å². The molecule has 0 aromatic heterocycles. The zero-order valence-electron chi connectivity index (χ0n) is 10.0. The van der Waals surface area contributed by atoms with Gasteiger partial charge in [-0.15, -0.1) is 0 Å². The average Bonchev–Trinajstić information content (AvgIpc) is 2.16. The van der Waals surface area contributed by atoms with Crippen LogP contribution in [0.25, 0.3) is 0 Å². The van der Waals surface area contributed by atoms with Crippen LogP contribution in [0.2, 0.25) is 0 Å². The topological polar surface area (TPSA) is 23.6 Å². The van der Waals surface area contributed by atoms with Crippen molar-refractivity contribution in [2.24, 2.45) is 0 Å². The molecule has 0 fully saturated rings. The van der Waals surface area contributed by atoms with Crippen LogP contribution in [0.4, 0.5) is 5.69 Å². The number of hydrogen-bond acceptors (Lipinski definition) is 2. The van der Waals surface area contributed by atoms with Gasteiger partial charge < -0.3 is 9.80 Å². The Bertz CT molecular complexity index is 370. The van der Waals surface area contributed by atoms with Crippen molar-refractivity contribution in [3.05, 3.63) is 29.3 Å². The SMILES string of the molecule is Cc1ccc(C(=O)N(C)C)c(N(C)C)c1. The maximum atomic E-state index is 11.9. The highest BCUT2D eigenvalue weighted by atomic mass is 16.2. The molecule has 1 aromatic carbocycles. The molecule has 0 unspecified atom stereocenters. The van der Waals surface area contributed by atoms with Crippen molar-refractivity contribution in [1.82, 2.24) is 4.90 Å². The zero-order chi connectivity index (χ0) is 11.6. The Morgan fingerprint density at radius 3 is 2.20 bits per heavy atom. The molecule has 1 amide bonds. The summed E-state index contributed by atoms with van der Waals surface area (Å²) in [5, 5.41) is 0. The first-order chi connectivity index (χ1) is 6.93. The highest BCUT2D eigenvalue weighted by molar-refractivity contribution is 5.99. The van der Waals surface area contributed by atoms with Crippen molar-refractivity contribution in [3.8, 4) is 0 Å². The molecule has 0 saturated heterocycles. The summed E-state index contributed by atoms with van der Waals surface area (Å²) in [5.74, 6) is 0.0405. The van der Waals surface area contributed by atoms with Crippen LogP contribution in [0, 0.1) is 6.92 Å². The fraction of sp³-hybridized carbons (Fsp3) is 0.417. The first kappa shape index (κ1) is 11.6. The first-order valence-corrected chi connectivity index (χ1v) is 4.93. The fourth-order valence-corrected chi connectivity index (χ4v) is 1.43. The first-order valence-electron chi connectivity index (χ1n) is 4.93. The second-order valence-electron chi connectivity index (χ2n) is 4.11. The number of aryl methyl sites for hydroxylation is 1. The van der Waals surface area contributed by atoms with E-state index in [0.717, 1.165) is 16.8 Å². The van der Waals surface area contributed by atoms with Crippen molar-refractivity contribution >= 4 is 11.6 Å². The van der Waals surface area contributed by atoms with Gasteiger partial charge >= 0.3 is 0 Å². The lowest BCUT2D eigenvalue weighted by atomic mass is 10.1. The van der Waals surface area contributed by atoms with Crippen LogP contribution < -0.4 is 4.90 Å². The molecule has 1 aromatic rings. The summed E-state index contributed by atoms with van der Waals surface area (Å²) in [6.45, 7) is 2.02. The number of hydrogen-bond donors (Lipinski definition) is 0. The maximum Gasteiger partial charge on any atom is 0.255 e. The predicted octanol–water partition coefficient (Wildman–Crippen LogP) is 1.76. The van der Waals surface area contributed by atoms with Crippen LogP contribution in [0.1, 0.15) is 15.9 Å². The Morgan fingerprint density at radius 2 is 1.73 bits per heavy atom. The highest BCUT2D eigenvalue weighted by Crippen LogP contribution is 2.21. The van der Waals surface area contributed by atoms with Crippen molar-refractivity contribution in [1.29, 1.82) is 0 Å². The largest absolute Gasteiger partial charge is 0.377 e. The Balaban J connectivity index is 3.23. The Labute approximate surface area is 91.3 Å². The van der Waals surface area contributed by atoms with Crippen molar-refractivity contribution in [3.63, 3.8) is 0 Å². The molecule has 0 aliphatic carbocycles. The number of anilines is 1. The summed E-state index contributed by atoms with van der Waals surface area (Å²) in [5.41, 5.74) is 2.87. The van der Waals surface area contributed by atoms with E-state index >= 15 is 0 Å². The summed E-state index contributed by atoms with van der Waals surface area (Å²) < 4.78 is 0. The number of carbonyl (C=O) groups is 1. The average molecular weight is 206 g/mol. The van der Waals surface area contributed by atoms with Gasteiger partial charge in [0.2, 0.25) is 0 Å². The van der Waals surface area contributed by atoms with E-state index < -0.39 is 0 Å². The smallest absolute Gasteiger partial charge is 0.255 e. The Kier molecular flexibility index (Phi) is 3.35. The lowest BCUT2D eigenvalue weighted by Crippen LogP contribution is -2.24. The molecule has 3 nitrogen and oxygen atoms in total. The molecular weight excluding hydrogens is 188 g/mol. The lowest BCUT2D eigenvalue weighted by molar-refractivity contribution is 0.0828. The van der Waals surface area contributed by atoms with Crippen LogP contribution in [0.3, 0.4) is 0 Å². The number of carbonyl (C=O) groups excluding carboxylic acids is 1. The molecule has 0 aliphatic heterocycles. The standard InChI is InChI=1S/C12H18N2O/c1-9-6-7-10(12(15)14(4)5)11(8-9)13(2)3/h6-8H,1-5H3. The minimum absolute atomic E-state index is 0.0405. The molecule has 0 aliphatic rings. The predicted molar refractivity (Wildman–Crippen MR) is 63.5 cm³/mol. The van der Waals surface area contributed by atoms with Gasteiger partial charge in [-0.3, -0.25) is 4.79 Å². The summed E-state index contributed by atoms with van der Waals surface area (Å²) in [4.78, 5) is 15.4. The molecule has 0 saturated carbocycles. The van der Waals surface area contributed by atoms with Gasteiger partial charge in [0.25, 0.3) is 5.91 Å². The minimum Gasteiger partial charge on any atom is -0.377 e. The molecule has 82 valence electrons. The molecular formula is C12H18N2O. The van der Waals surface area contributed by atoms with E-state index in [1.165, 1.54) is 0 Å². The van der Waals surface area contributed by atoms with Gasteiger partial charge in [-0.1, -0.05) is 6.07 Å². The zero-order valence-corrected chi connectivity index (χ0v) is 10.0. The summed E-state index contributed by atoms with van der Waals surface area (Å²) in [6, 6.07) is 5.87. The van der Waals surface area contributed by atoms with E-state index in [-0.39, 0.29) is 5.91 Å². The fourth-order valence-electron chi connectivity index (χ4n) is 1.43. The number of rotatable bonds is 2. The summed E-state index contributed by atoms with van der Waals surface area (Å²) >= 11 is 0. The normalized spacial score (nSPS) is 9.93.